The van der Waals surface area contributed by atoms with Crippen LogP contribution >= 0.6 is 11.6 Å². The number of rotatable bonds is 3. The highest BCUT2D eigenvalue weighted by Crippen LogP contribution is 2.56. The summed E-state index contributed by atoms with van der Waals surface area (Å²) in [4.78, 5) is 12.3. The minimum absolute atomic E-state index is 0.352. The summed E-state index contributed by atoms with van der Waals surface area (Å²) in [6, 6.07) is 5.99. The van der Waals surface area contributed by atoms with Gasteiger partial charge in [0.2, 0.25) is 0 Å². The third-order valence-corrected chi connectivity index (χ3v) is 4.95. The number of halogens is 1. The molecule has 0 saturated heterocycles. The molecular weight excluding hydrogens is 244 g/mol. The van der Waals surface area contributed by atoms with E-state index in [2.05, 4.69) is 0 Å². The Labute approximate surface area is 114 Å². The number of benzene rings is 1. The van der Waals surface area contributed by atoms with Crippen molar-refractivity contribution in [1.29, 1.82) is 0 Å². The molecule has 1 aromatic rings. The Morgan fingerprint density at radius 1 is 1.28 bits per heavy atom. The van der Waals surface area contributed by atoms with Crippen molar-refractivity contribution in [3.63, 3.8) is 0 Å². The van der Waals surface area contributed by atoms with Gasteiger partial charge < -0.3 is 0 Å². The summed E-state index contributed by atoms with van der Waals surface area (Å²) in [6.07, 6.45) is 5.69. The molecule has 1 aromatic carbocycles. The summed E-state index contributed by atoms with van der Waals surface area (Å²) in [6.45, 7) is 2.02. The lowest BCUT2D eigenvalue weighted by molar-refractivity contribution is -0.120. The number of hydrogen-bond donors (Lipinski definition) is 0. The molecule has 2 heteroatoms. The zero-order valence-electron chi connectivity index (χ0n) is 10.8. The molecule has 2 aliphatic rings. The van der Waals surface area contributed by atoms with Gasteiger partial charge in [-0.3, -0.25) is 4.79 Å². The van der Waals surface area contributed by atoms with E-state index in [-0.39, 0.29) is 0 Å². The average molecular weight is 263 g/mol. The van der Waals surface area contributed by atoms with E-state index in [0.717, 1.165) is 16.1 Å². The Bertz CT molecular complexity index is 468. The highest BCUT2D eigenvalue weighted by molar-refractivity contribution is 6.31. The number of aryl methyl sites for hydroxylation is 1. The van der Waals surface area contributed by atoms with Gasteiger partial charge in [-0.2, -0.15) is 0 Å². The van der Waals surface area contributed by atoms with Gasteiger partial charge in [0.25, 0.3) is 0 Å². The highest BCUT2D eigenvalue weighted by Gasteiger charge is 2.53. The fraction of sp³-hybridized carbons (Fsp3) is 0.562. The van der Waals surface area contributed by atoms with Crippen LogP contribution in [0.15, 0.2) is 18.2 Å². The molecule has 2 unspecified atom stereocenters. The molecule has 0 amide bonds. The molecule has 96 valence electrons. The summed E-state index contributed by atoms with van der Waals surface area (Å²) in [7, 11) is 0. The van der Waals surface area contributed by atoms with Gasteiger partial charge in [0, 0.05) is 17.4 Å². The van der Waals surface area contributed by atoms with Crippen LogP contribution in [0.2, 0.25) is 5.02 Å². The van der Waals surface area contributed by atoms with Crippen molar-refractivity contribution >= 4 is 17.4 Å². The largest absolute Gasteiger partial charge is 0.299 e. The van der Waals surface area contributed by atoms with Gasteiger partial charge in [-0.15, -0.1) is 0 Å². The minimum atomic E-state index is 0.352. The Hall–Kier alpha value is -0.820. The summed E-state index contributed by atoms with van der Waals surface area (Å²) >= 11 is 6.20. The van der Waals surface area contributed by atoms with Crippen molar-refractivity contribution in [3.05, 3.63) is 34.3 Å². The number of Topliss-reactive ketones (excluding diaryl/α,β-unsaturated/α-hetero) is 1. The van der Waals surface area contributed by atoms with Crippen LogP contribution in [0.1, 0.15) is 36.8 Å². The third-order valence-electron chi connectivity index (χ3n) is 4.60. The second-order valence-electron chi connectivity index (χ2n) is 5.88. The van der Waals surface area contributed by atoms with Crippen LogP contribution in [0.4, 0.5) is 0 Å². The molecule has 2 atom stereocenters. The Morgan fingerprint density at radius 2 is 1.94 bits per heavy atom. The smallest absolute Gasteiger partial charge is 0.140 e. The lowest BCUT2D eigenvalue weighted by Crippen LogP contribution is -2.08. The molecule has 0 aliphatic heterocycles. The number of carbonyl (C=O) groups is 1. The van der Waals surface area contributed by atoms with Crippen molar-refractivity contribution in [2.45, 2.75) is 39.0 Å². The molecule has 0 radical (unpaired) electrons. The van der Waals surface area contributed by atoms with Gasteiger partial charge in [-0.05, 0) is 48.8 Å². The summed E-state index contributed by atoms with van der Waals surface area (Å²) in [5.74, 6) is 2.17. The maximum absolute atomic E-state index is 12.3. The highest BCUT2D eigenvalue weighted by atomic mass is 35.5. The molecule has 0 N–H and O–H groups in total. The molecule has 2 saturated carbocycles. The molecule has 0 bridgehead atoms. The quantitative estimate of drug-likeness (QED) is 0.798. The first-order valence-corrected chi connectivity index (χ1v) is 7.32. The monoisotopic (exact) mass is 262 g/mol. The molecule has 2 aliphatic carbocycles. The van der Waals surface area contributed by atoms with E-state index in [0.29, 0.717) is 30.0 Å². The molecule has 0 spiro atoms. The second kappa shape index (κ2) is 4.70. The van der Waals surface area contributed by atoms with Crippen LogP contribution in [-0.4, -0.2) is 5.78 Å². The minimum Gasteiger partial charge on any atom is -0.299 e. The standard InChI is InChI=1S/C16H19ClO/c1-10-6-7-11(14(17)8-10)9-15(18)16-12-4-2-3-5-13(12)16/h6-8,12-13,16H,2-5,9H2,1H3. The topological polar surface area (TPSA) is 17.1 Å². The Kier molecular flexibility index (Phi) is 3.19. The van der Waals surface area contributed by atoms with E-state index in [4.69, 9.17) is 11.6 Å². The van der Waals surface area contributed by atoms with Gasteiger partial charge in [-0.1, -0.05) is 36.6 Å². The third kappa shape index (κ3) is 2.21. The van der Waals surface area contributed by atoms with Crippen molar-refractivity contribution in [2.24, 2.45) is 17.8 Å². The van der Waals surface area contributed by atoms with Crippen molar-refractivity contribution in [2.75, 3.05) is 0 Å². The van der Waals surface area contributed by atoms with E-state index in [1.54, 1.807) is 0 Å². The van der Waals surface area contributed by atoms with Gasteiger partial charge in [0.05, 0.1) is 0 Å². The maximum atomic E-state index is 12.3. The molecule has 3 rings (SSSR count). The zero-order valence-corrected chi connectivity index (χ0v) is 11.5. The molecule has 1 nitrogen and oxygen atoms in total. The second-order valence-corrected chi connectivity index (χ2v) is 6.28. The normalized spacial score (nSPS) is 29.8. The van der Waals surface area contributed by atoms with E-state index in [1.807, 2.05) is 25.1 Å². The summed E-state index contributed by atoms with van der Waals surface area (Å²) < 4.78 is 0. The number of hydrogen-bond acceptors (Lipinski definition) is 1. The fourth-order valence-electron chi connectivity index (χ4n) is 3.57. The van der Waals surface area contributed by atoms with Crippen LogP contribution < -0.4 is 0 Å². The number of fused-ring (bicyclic) bond motifs is 1. The van der Waals surface area contributed by atoms with Crippen LogP contribution in [0.3, 0.4) is 0 Å². The van der Waals surface area contributed by atoms with Gasteiger partial charge in [0.15, 0.2) is 0 Å². The number of carbonyl (C=O) groups excluding carboxylic acids is 1. The molecule has 2 fully saturated rings. The van der Waals surface area contributed by atoms with Crippen LogP contribution in [-0.2, 0) is 11.2 Å². The Balaban J connectivity index is 1.68. The van der Waals surface area contributed by atoms with E-state index in [1.165, 1.54) is 25.7 Å². The van der Waals surface area contributed by atoms with Crippen LogP contribution in [0.25, 0.3) is 0 Å². The van der Waals surface area contributed by atoms with Crippen LogP contribution in [0.5, 0.6) is 0 Å². The predicted octanol–water partition coefficient (Wildman–Crippen LogP) is 4.20. The van der Waals surface area contributed by atoms with Gasteiger partial charge >= 0.3 is 0 Å². The lowest BCUT2D eigenvalue weighted by Gasteiger charge is -2.04. The first-order chi connectivity index (χ1) is 8.66. The first-order valence-electron chi connectivity index (χ1n) is 6.94. The Morgan fingerprint density at radius 3 is 2.56 bits per heavy atom. The van der Waals surface area contributed by atoms with Gasteiger partial charge in [-0.25, -0.2) is 0 Å². The predicted molar refractivity (Wildman–Crippen MR) is 73.8 cm³/mol. The van der Waals surface area contributed by atoms with Crippen molar-refractivity contribution in [3.8, 4) is 0 Å². The average Bonchev–Trinajstić information content (AvgIpc) is 3.07. The van der Waals surface area contributed by atoms with Crippen molar-refractivity contribution in [1.82, 2.24) is 0 Å². The lowest BCUT2D eigenvalue weighted by atomic mass is 10.0. The molecular formula is C16H19ClO. The van der Waals surface area contributed by atoms with E-state index in [9.17, 15) is 4.79 Å². The zero-order chi connectivity index (χ0) is 12.7. The van der Waals surface area contributed by atoms with Crippen LogP contribution in [0, 0.1) is 24.7 Å². The summed E-state index contributed by atoms with van der Waals surface area (Å²) in [5.41, 5.74) is 2.15. The first kappa shape index (κ1) is 12.2. The molecule has 18 heavy (non-hydrogen) atoms. The maximum Gasteiger partial charge on any atom is 0.140 e. The SMILES string of the molecule is Cc1ccc(CC(=O)C2C3CCCCC32)c(Cl)c1. The fourth-order valence-corrected chi connectivity index (χ4v) is 3.87. The van der Waals surface area contributed by atoms with E-state index < -0.39 is 0 Å². The van der Waals surface area contributed by atoms with Crippen molar-refractivity contribution < 1.29 is 4.79 Å². The van der Waals surface area contributed by atoms with E-state index >= 15 is 0 Å². The number of ketones is 1. The summed E-state index contributed by atoms with van der Waals surface area (Å²) in [5, 5.41) is 0.743. The molecule has 0 aromatic heterocycles. The molecule has 0 heterocycles. The van der Waals surface area contributed by atoms with Gasteiger partial charge in [0.1, 0.15) is 5.78 Å².